The average Bonchev–Trinajstić information content (AvgIpc) is 4.05. The first kappa shape index (κ1) is 58.7. The topological polar surface area (TPSA) is 255 Å². The van der Waals surface area contributed by atoms with E-state index in [0.29, 0.717) is 39.0 Å². The summed E-state index contributed by atoms with van der Waals surface area (Å²) in [6, 6.07) is 7.58. The number of likely N-dealkylation sites (N-methyl/N-ethyl adjacent to an activating group) is 2. The Morgan fingerprint density at radius 1 is 0.959 bits per heavy atom. The number of methoxy groups -OCH3 is 1. The predicted molar refractivity (Wildman–Crippen MR) is 273 cm³/mol. The van der Waals surface area contributed by atoms with Crippen LogP contribution >= 0.6 is 0 Å². The molecule has 0 radical (unpaired) electrons. The monoisotopic (exact) mass is 1030 g/mol. The lowest BCUT2D eigenvalue weighted by Gasteiger charge is -2.51. The van der Waals surface area contributed by atoms with Crippen molar-refractivity contribution >= 4 is 5.97 Å². The van der Waals surface area contributed by atoms with Gasteiger partial charge in [0.25, 0.3) is 0 Å². The third kappa shape index (κ3) is 14.3. The summed E-state index contributed by atoms with van der Waals surface area (Å²) in [4.78, 5) is 18.7. The number of carbonyl (C=O) groups excluding carboxylic acids is 1. The van der Waals surface area contributed by atoms with Crippen LogP contribution in [-0.4, -0.2) is 190 Å². The van der Waals surface area contributed by atoms with Crippen LogP contribution in [0.5, 0.6) is 0 Å². The number of aliphatic hydroxyl groups excluding tert-OH is 3. The van der Waals surface area contributed by atoms with Crippen LogP contribution in [0.2, 0.25) is 0 Å². The molecule has 6 rings (SSSR count). The summed E-state index contributed by atoms with van der Waals surface area (Å²) in [5.74, 6) is -3.10. The third-order valence-corrected chi connectivity index (χ3v) is 16.5. The van der Waals surface area contributed by atoms with Crippen molar-refractivity contribution in [3.63, 3.8) is 0 Å². The molecule has 3 aliphatic rings. The van der Waals surface area contributed by atoms with Crippen LogP contribution in [0.15, 0.2) is 36.7 Å². The van der Waals surface area contributed by atoms with E-state index in [0.717, 1.165) is 24.4 Å². The number of carbonyl (C=O) groups is 1. The zero-order valence-corrected chi connectivity index (χ0v) is 45.7. The Morgan fingerprint density at radius 3 is 2.32 bits per heavy atom. The van der Waals surface area contributed by atoms with Crippen LogP contribution in [0.25, 0.3) is 0 Å². The minimum absolute atomic E-state index is 0.165. The number of hydrogen-bond donors (Lipinski definition) is 7. The number of nitrogens with one attached hydrogen (secondary N) is 2. The van der Waals surface area contributed by atoms with Crippen LogP contribution in [0.3, 0.4) is 0 Å². The first-order valence-electron chi connectivity index (χ1n) is 26.5. The first-order chi connectivity index (χ1) is 34.4. The molecule has 0 spiro atoms. The Bertz CT molecular complexity index is 2150. The summed E-state index contributed by atoms with van der Waals surface area (Å²) in [7, 11) is 5.36. The van der Waals surface area contributed by atoms with Gasteiger partial charge in [-0.05, 0) is 104 Å². The number of aromatic nitrogens is 6. The Morgan fingerprint density at radius 2 is 1.66 bits per heavy atom. The van der Waals surface area contributed by atoms with E-state index in [9.17, 15) is 30.3 Å². The van der Waals surface area contributed by atoms with Gasteiger partial charge in [0.2, 0.25) is 0 Å². The SMILES string of the molecule is CC[C@H]1OC(=O)[C@H](C)C([C@H]2C[C@@](C)(OC)[C@@H](O)[C@H](C)O2)[C@H](C)[C@@H](O[C@@H]2O[C@H](C)C[C@H](N(C)CCc3cn(CCc4ccc(CNCc5cnn[nH]5)cc4)nn3)[C@H]2O)[C@](C)(O)C[C@@H](C)CN(C)[C@H](C)[C@@H](O)[C@]1(C)O. The second kappa shape index (κ2) is 25.1. The second-order valence-electron chi connectivity index (χ2n) is 22.6. The summed E-state index contributed by atoms with van der Waals surface area (Å²) in [5.41, 5.74) is -0.300. The van der Waals surface area contributed by atoms with Crippen molar-refractivity contribution in [1.82, 2.24) is 45.5 Å². The van der Waals surface area contributed by atoms with Crippen LogP contribution in [0.1, 0.15) is 117 Å². The van der Waals surface area contributed by atoms with E-state index >= 15 is 0 Å². The molecule has 3 aromatic rings. The molecular formula is C53H89N9O11. The minimum Gasteiger partial charge on any atom is -0.459 e. The Labute approximate surface area is 432 Å². The van der Waals surface area contributed by atoms with E-state index in [-0.39, 0.29) is 37.3 Å². The molecule has 412 valence electrons. The van der Waals surface area contributed by atoms with Crippen LogP contribution in [-0.2, 0) is 61.0 Å². The van der Waals surface area contributed by atoms with Crippen LogP contribution < -0.4 is 5.32 Å². The zero-order chi connectivity index (χ0) is 53.6. The first-order valence-corrected chi connectivity index (χ1v) is 26.5. The standard InChI is InChI=1S/C53H89N9O11/c1-14-43-53(10,68)46(64)35(6)61(12)29-31(2)24-51(8,67)48(33(4)44(34(5)49(66)72-43)42-25-52(9,69-13)47(65)36(7)71-42)73-50-45(63)41(23-32(3)70-50)60(11)21-20-39-30-62(59-57-39)22-19-37-15-17-38(18-16-37)26-54-27-40-28-55-58-56-40/h15-18,28,30-36,41-48,50,54,63-65,67-68H,14,19-27,29H2,1-13H3,(H,55,56,58)/t31-,32-,33+,34-,35-,36+,41+,42-,43-,44?,45-,46-,47+,48-,50+,51-,52-,53-/m1/s1. The van der Waals surface area contributed by atoms with Gasteiger partial charge in [0.05, 0.1) is 59.1 Å². The highest BCUT2D eigenvalue weighted by molar-refractivity contribution is 5.73. The quantitative estimate of drug-likeness (QED) is 0.102. The number of rotatable bonds is 16. The molecule has 7 N–H and O–H groups in total. The Kier molecular flexibility index (Phi) is 20.2. The van der Waals surface area contributed by atoms with E-state index < -0.39 is 95.6 Å². The van der Waals surface area contributed by atoms with Gasteiger partial charge in [0.1, 0.15) is 30.0 Å². The number of hydrogen-bond acceptors (Lipinski definition) is 18. The molecule has 73 heavy (non-hydrogen) atoms. The summed E-state index contributed by atoms with van der Waals surface area (Å²) in [6.45, 7) is 21.1. The Balaban J connectivity index is 1.20. The number of aliphatic hydroxyl groups is 5. The van der Waals surface area contributed by atoms with Crippen molar-refractivity contribution in [3.05, 3.63) is 59.2 Å². The van der Waals surface area contributed by atoms with E-state index in [1.54, 1.807) is 33.9 Å². The highest BCUT2D eigenvalue weighted by Gasteiger charge is 2.55. The molecule has 2 aromatic heterocycles. The highest BCUT2D eigenvalue weighted by atomic mass is 16.7. The van der Waals surface area contributed by atoms with Crippen molar-refractivity contribution in [1.29, 1.82) is 0 Å². The summed E-state index contributed by atoms with van der Waals surface area (Å²) < 4.78 is 34.1. The fourth-order valence-corrected chi connectivity index (χ4v) is 11.9. The minimum atomic E-state index is -1.81. The number of H-pyrrole nitrogens is 1. The van der Waals surface area contributed by atoms with Crippen molar-refractivity contribution in [2.75, 3.05) is 34.3 Å². The van der Waals surface area contributed by atoms with E-state index in [1.807, 2.05) is 64.5 Å². The van der Waals surface area contributed by atoms with Crippen molar-refractivity contribution in [2.24, 2.45) is 23.7 Å². The fraction of sp³-hybridized carbons (Fsp3) is 0.792. The normalized spacial score (nSPS) is 38.7. The van der Waals surface area contributed by atoms with Crippen molar-refractivity contribution in [3.8, 4) is 0 Å². The zero-order valence-electron chi connectivity index (χ0n) is 45.7. The number of nitrogens with zero attached hydrogens (tertiary/aromatic N) is 7. The van der Waals surface area contributed by atoms with Gasteiger partial charge in [-0.3, -0.25) is 14.6 Å². The fourth-order valence-electron chi connectivity index (χ4n) is 11.9. The van der Waals surface area contributed by atoms with E-state index in [2.05, 4.69) is 60.2 Å². The number of benzene rings is 1. The highest BCUT2D eigenvalue weighted by Crippen LogP contribution is 2.45. The second-order valence-corrected chi connectivity index (χ2v) is 22.6. The molecule has 3 aliphatic heterocycles. The molecule has 0 aliphatic carbocycles. The van der Waals surface area contributed by atoms with Gasteiger partial charge in [-0.2, -0.15) is 0 Å². The maximum atomic E-state index is 14.6. The summed E-state index contributed by atoms with van der Waals surface area (Å²) in [6.07, 6.45) is -2.18. The smallest absolute Gasteiger partial charge is 0.309 e. The molecule has 3 saturated heterocycles. The molecule has 0 saturated carbocycles. The third-order valence-electron chi connectivity index (χ3n) is 16.5. The van der Waals surface area contributed by atoms with Crippen LogP contribution in [0, 0.1) is 23.7 Å². The van der Waals surface area contributed by atoms with Gasteiger partial charge in [-0.15, -0.1) is 10.2 Å². The molecule has 20 heteroatoms. The number of aromatic amines is 1. The molecule has 3 fully saturated rings. The number of cyclic esters (lactones) is 1. The molecule has 18 atom stereocenters. The lowest BCUT2D eigenvalue weighted by atomic mass is 9.68. The average molecular weight is 1030 g/mol. The molecule has 1 aromatic carbocycles. The maximum absolute atomic E-state index is 14.6. The van der Waals surface area contributed by atoms with Gasteiger partial charge < -0.3 is 64.3 Å². The van der Waals surface area contributed by atoms with E-state index in [4.69, 9.17) is 23.7 Å². The van der Waals surface area contributed by atoms with Gasteiger partial charge in [-0.25, -0.2) is 0 Å². The number of esters is 1. The molecular weight excluding hydrogens is 939 g/mol. The van der Waals surface area contributed by atoms with Crippen LogP contribution in [0.4, 0.5) is 0 Å². The van der Waals surface area contributed by atoms with Crippen molar-refractivity contribution in [2.45, 2.75) is 211 Å². The number of aryl methyl sites for hydroxylation is 2. The van der Waals surface area contributed by atoms with E-state index in [1.165, 1.54) is 25.2 Å². The van der Waals surface area contributed by atoms with Gasteiger partial charge in [-0.1, -0.05) is 62.4 Å². The molecule has 5 heterocycles. The van der Waals surface area contributed by atoms with Gasteiger partial charge in [0.15, 0.2) is 6.29 Å². The Hall–Kier alpha value is -3.51. The largest absolute Gasteiger partial charge is 0.459 e. The number of ether oxygens (including phenoxy) is 5. The summed E-state index contributed by atoms with van der Waals surface area (Å²) in [5, 5.41) is 82.8. The lowest BCUT2D eigenvalue weighted by Crippen LogP contribution is -2.62. The molecule has 1 unspecified atom stereocenters. The molecule has 0 bridgehead atoms. The van der Waals surface area contributed by atoms with Crippen molar-refractivity contribution < 1.29 is 54.0 Å². The summed E-state index contributed by atoms with van der Waals surface area (Å²) >= 11 is 0. The maximum Gasteiger partial charge on any atom is 0.309 e. The molecule has 20 nitrogen and oxygen atoms in total. The predicted octanol–water partition coefficient (Wildman–Crippen LogP) is 3.03. The van der Waals surface area contributed by atoms with Gasteiger partial charge in [0, 0.05) is 76.9 Å². The van der Waals surface area contributed by atoms with Gasteiger partial charge >= 0.3 is 5.97 Å². The molecule has 0 amide bonds. The lowest BCUT2D eigenvalue weighted by molar-refractivity contribution is -0.302.